The molecule has 0 spiro atoms. The molecule has 6 nitrogen and oxygen atoms in total. The molecule has 3 rings (SSSR count). The van der Waals surface area contributed by atoms with Crippen LogP contribution in [0, 0.1) is 6.92 Å². The molecule has 1 aliphatic heterocycles. The van der Waals surface area contributed by atoms with Crippen molar-refractivity contribution in [2.75, 3.05) is 26.2 Å². The van der Waals surface area contributed by atoms with E-state index in [1.165, 1.54) is 4.31 Å². The van der Waals surface area contributed by atoms with Crippen molar-refractivity contribution in [2.45, 2.75) is 19.1 Å². The lowest BCUT2D eigenvalue weighted by Crippen LogP contribution is -2.51. The second-order valence-electron chi connectivity index (χ2n) is 6.33. The van der Waals surface area contributed by atoms with E-state index in [0.717, 1.165) is 16.8 Å². The molecule has 0 aliphatic carbocycles. The molecule has 1 aliphatic rings. The minimum Gasteiger partial charge on any atom is -0.365 e. The molecule has 1 aromatic heterocycles. The highest BCUT2D eigenvalue weighted by Gasteiger charge is 2.29. The lowest BCUT2D eigenvalue weighted by atomic mass is 10.1. The molecular formula is C18H23N3O3S. The van der Waals surface area contributed by atoms with Crippen molar-refractivity contribution in [3.8, 4) is 0 Å². The van der Waals surface area contributed by atoms with Crippen LogP contribution in [0.3, 0.4) is 0 Å². The molecule has 1 fully saturated rings. The minimum atomic E-state index is -3.37. The largest absolute Gasteiger partial charge is 0.365 e. The van der Waals surface area contributed by atoms with E-state index in [1.54, 1.807) is 11.1 Å². The second kappa shape index (κ2) is 7.41. The molecule has 2 heterocycles. The number of hydrogen-bond donors (Lipinski definition) is 1. The SMILES string of the molecule is Cc1ccccc1CS(=O)(=O)N1CCN(C(=O)Cc2ccc[nH]2)CC1. The molecule has 25 heavy (non-hydrogen) atoms. The lowest BCUT2D eigenvalue weighted by Gasteiger charge is -2.34. The van der Waals surface area contributed by atoms with Gasteiger partial charge in [0, 0.05) is 38.1 Å². The van der Waals surface area contributed by atoms with Gasteiger partial charge in [-0.2, -0.15) is 4.31 Å². The third-order valence-electron chi connectivity index (χ3n) is 4.59. The average Bonchev–Trinajstić information content (AvgIpc) is 3.10. The summed E-state index contributed by atoms with van der Waals surface area (Å²) in [6.45, 7) is 3.50. The Kier molecular flexibility index (Phi) is 5.24. The Labute approximate surface area is 148 Å². The van der Waals surface area contributed by atoms with E-state index < -0.39 is 10.0 Å². The van der Waals surface area contributed by atoms with Gasteiger partial charge in [0.1, 0.15) is 0 Å². The summed E-state index contributed by atoms with van der Waals surface area (Å²) >= 11 is 0. The van der Waals surface area contributed by atoms with Crippen LogP contribution in [0.15, 0.2) is 42.6 Å². The third-order valence-corrected chi connectivity index (χ3v) is 6.42. The number of sulfonamides is 1. The molecule has 0 atom stereocenters. The normalized spacial score (nSPS) is 16.1. The maximum Gasteiger partial charge on any atom is 0.228 e. The number of amides is 1. The van der Waals surface area contributed by atoms with Gasteiger partial charge >= 0.3 is 0 Å². The number of aryl methyl sites for hydroxylation is 1. The maximum atomic E-state index is 12.7. The monoisotopic (exact) mass is 361 g/mol. The standard InChI is InChI=1S/C18H23N3O3S/c1-15-5-2-3-6-16(15)14-25(23,24)21-11-9-20(10-12-21)18(22)13-17-7-4-8-19-17/h2-8,19H,9-14H2,1H3. The van der Waals surface area contributed by atoms with E-state index >= 15 is 0 Å². The molecule has 0 radical (unpaired) electrons. The first-order valence-corrected chi connectivity index (χ1v) is 9.99. The Hall–Kier alpha value is -2.12. The van der Waals surface area contributed by atoms with Crippen LogP contribution >= 0.6 is 0 Å². The van der Waals surface area contributed by atoms with Crippen LogP contribution in [0.2, 0.25) is 0 Å². The van der Waals surface area contributed by atoms with Gasteiger partial charge in [0.15, 0.2) is 0 Å². The van der Waals surface area contributed by atoms with E-state index in [0.29, 0.717) is 32.6 Å². The smallest absolute Gasteiger partial charge is 0.228 e. The summed E-state index contributed by atoms with van der Waals surface area (Å²) in [4.78, 5) is 17.1. The maximum absolute atomic E-state index is 12.7. The first kappa shape index (κ1) is 17.7. The summed E-state index contributed by atoms with van der Waals surface area (Å²) in [6.07, 6.45) is 2.11. The predicted octanol–water partition coefficient (Wildman–Crippen LogP) is 1.54. The number of rotatable bonds is 5. The molecule has 1 amide bonds. The fourth-order valence-corrected chi connectivity index (χ4v) is 4.65. The number of hydrogen-bond acceptors (Lipinski definition) is 3. The Morgan fingerprint density at radius 1 is 1.08 bits per heavy atom. The summed E-state index contributed by atoms with van der Waals surface area (Å²) in [5.74, 6) is 0.0363. The summed E-state index contributed by atoms with van der Waals surface area (Å²) < 4.78 is 26.8. The first-order chi connectivity index (χ1) is 12.0. The lowest BCUT2D eigenvalue weighted by molar-refractivity contribution is -0.131. The van der Waals surface area contributed by atoms with Gasteiger partial charge in [-0.15, -0.1) is 0 Å². The van der Waals surface area contributed by atoms with Crippen molar-refractivity contribution in [1.82, 2.24) is 14.2 Å². The van der Waals surface area contributed by atoms with Crippen LogP contribution in [-0.2, 0) is 27.0 Å². The molecule has 0 saturated carbocycles. The number of aromatic nitrogens is 1. The van der Waals surface area contributed by atoms with Crippen molar-refractivity contribution in [3.63, 3.8) is 0 Å². The molecule has 1 saturated heterocycles. The highest BCUT2D eigenvalue weighted by molar-refractivity contribution is 7.88. The van der Waals surface area contributed by atoms with Gasteiger partial charge in [0.25, 0.3) is 0 Å². The quantitative estimate of drug-likeness (QED) is 0.878. The van der Waals surface area contributed by atoms with Gasteiger partial charge in [0.2, 0.25) is 15.9 Å². The Morgan fingerprint density at radius 2 is 1.80 bits per heavy atom. The molecule has 2 aromatic rings. The zero-order valence-electron chi connectivity index (χ0n) is 14.3. The van der Waals surface area contributed by atoms with Crippen molar-refractivity contribution in [3.05, 3.63) is 59.4 Å². The molecule has 0 bridgehead atoms. The molecule has 134 valence electrons. The van der Waals surface area contributed by atoms with E-state index in [2.05, 4.69) is 4.98 Å². The number of H-pyrrole nitrogens is 1. The van der Waals surface area contributed by atoms with Gasteiger partial charge in [-0.25, -0.2) is 8.42 Å². The van der Waals surface area contributed by atoms with E-state index in [4.69, 9.17) is 0 Å². The molecule has 1 N–H and O–H groups in total. The van der Waals surface area contributed by atoms with Gasteiger partial charge in [0.05, 0.1) is 12.2 Å². The van der Waals surface area contributed by atoms with Crippen LogP contribution in [0.1, 0.15) is 16.8 Å². The van der Waals surface area contributed by atoms with Crippen LogP contribution in [0.25, 0.3) is 0 Å². The third kappa shape index (κ3) is 4.29. The number of piperazine rings is 1. The summed E-state index contributed by atoms with van der Waals surface area (Å²) in [5.41, 5.74) is 2.68. The minimum absolute atomic E-state index is 0.0100. The summed E-state index contributed by atoms with van der Waals surface area (Å²) in [5, 5.41) is 0. The molecule has 1 aromatic carbocycles. The van der Waals surface area contributed by atoms with Gasteiger partial charge in [-0.1, -0.05) is 24.3 Å². The Morgan fingerprint density at radius 3 is 2.44 bits per heavy atom. The van der Waals surface area contributed by atoms with Crippen molar-refractivity contribution >= 4 is 15.9 Å². The molecule has 7 heteroatoms. The first-order valence-electron chi connectivity index (χ1n) is 8.38. The molecular weight excluding hydrogens is 338 g/mol. The topological polar surface area (TPSA) is 73.5 Å². The number of nitrogens with one attached hydrogen (secondary N) is 1. The van der Waals surface area contributed by atoms with Crippen molar-refractivity contribution in [2.24, 2.45) is 0 Å². The summed E-state index contributed by atoms with van der Waals surface area (Å²) in [7, 11) is -3.37. The van der Waals surface area contributed by atoms with Crippen molar-refractivity contribution < 1.29 is 13.2 Å². The predicted molar refractivity (Wildman–Crippen MR) is 96.5 cm³/mol. The van der Waals surface area contributed by atoms with Gasteiger partial charge < -0.3 is 9.88 Å². The zero-order valence-corrected chi connectivity index (χ0v) is 15.1. The van der Waals surface area contributed by atoms with Gasteiger partial charge in [-0.05, 0) is 30.2 Å². The van der Waals surface area contributed by atoms with Crippen LogP contribution in [0.5, 0.6) is 0 Å². The number of aromatic amines is 1. The number of nitrogens with zero attached hydrogens (tertiary/aromatic N) is 2. The Balaban J connectivity index is 1.57. The van der Waals surface area contributed by atoms with Gasteiger partial charge in [-0.3, -0.25) is 4.79 Å². The fourth-order valence-electron chi connectivity index (χ4n) is 3.03. The fraction of sp³-hybridized carbons (Fsp3) is 0.389. The van der Waals surface area contributed by atoms with Crippen LogP contribution in [-0.4, -0.2) is 54.7 Å². The van der Waals surface area contributed by atoms with E-state index in [9.17, 15) is 13.2 Å². The van der Waals surface area contributed by atoms with Crippen molar-refractivity contribution in [1.29, 1.82) is 0 Å². The van der Waals surface area contributed by atoms with Crippen LogP contribution in [0.4, 0.5) is 0 Å². The molecule has 0 unspecified atom stereocenters. The number of benzene rings is 1. The zero-order chi connectivity index (χ0) is 17.9. The van der Waals surface area contributed by atoms with Crippen LogP contribution < -0.4 is 0 Å². The Bertz CT molecular complexity index is 823. The summed E-state index contributed by atoms with van der Waals surface area (Å²) in [6, 6.07) is 11.3. The highest BCUT2D eigenvalue weighted by Crippen LogP contribution is 2.16. The highest BCUT2D eigenvalue weighted by atomic mass is 32.2. The van der Waals surface area contributed by atoms with E-state index in [1.807, 2.05) is 43.3 Å². The average molecular weight is 361 g/mol. The second-order valence-corrected chi connectivity index (χ2v) is 8.30. The number of carbonyl (C=O) groups excluding carboxylic acids is 1. The number of carbonyl (C=O) groups is 1. The van der Waals surface area contributed by atoms with E-state index in [-0.39, 0.29) is 11.7 Å².